The van der Waals surface area contributed by atoms with Gasteiger partial charge in [-0.25, -0.2) is 0 Å². The molecule has 1 heteroatoms. The van der Waals surface area contributed by atoms with Crippen molar-refractivity contribution >= 4 is 0 Å². The highest BCUT2D eigenvalue weighted by Gasteiger charge is 2.49. The Morgan fingerprint density at radius 3 is 2.64 bits per heavy atom. The fourth-order valence-corrected chi connectivity index (χ4v) is 3.55. The largest absolute Gasteiger partial charge is 0.330 e. The third-order valence-corrected chi connectivity index (χ3v) is 4.43. The van der Waals surface area contributed by atoms with Crippen LogP contribution in [0.15, 0.2) is 11.6 Å². The van der Waals surface area contributed by atoms with Gasteiger partial charge >= 0.3 is 0 Å². The summed E-state index contributed by atoms with van der Waals surface area (Å²) in [6.07, 6.45) is 9.41. The van der Waals surface area contributed by atoms with Gasteiger partial charge in [0.2, 0.25) is 0 Å². The van der Waals surface area contributed by atoms with E-state index in [0.717, 1.165) is 18.4 Å². The first-order chi connectivity index (χ1) is 6.66. The van der Waals surface area contributed by atoms with E-state index in [4.69, 9.17) is 5.73 Å². The van der Waals surface area contributed by atoms with Gasteiger partial charge in [-0.3, -0.25) is 0 Å². The molecule has 0 aromatic rings. The highest BCUT2D eigenvalue weighted by Crippen LogP contribution is 2.57. The summed E-state index contributed by atoms with van der Waals surface area (Å²) in [7, 11) is 0. The van der Waals surface area contributed by atoms with Crippen LogP contribution in [0.5, 0.6) is 0 Å². The van der Waals surface area contributed by atoms with Gasteiger partial charge in [-0.1, -0.05) is 18.1 Å². The summed E-state index contributed by atoms with van der Waals surface area (Å²) in [5.41, 5.74) is 7.94. The van der Waals surface area contributed by atoms with Crippen LogP contribution in [0.2, 0.25) is 0 Å². The van der Waals surface area contributed by atoms with E-state index in [1.54, 1.807) is 0 Å². The van der Waals surface area contributed by atoms with Gasteiger partial charge in [-0.05, 0) is 63.3 Å². The topological polar surface area (TPSA) is 26.0 Å². The van der Waals surface area contributed by atoms with Gasteiger partial charge in [-0.2, -0.15) is 0 Å². The van der Waals surface area contributed by atoms with Crippen molar-refractivity contribution in [3.05, 3.63) is 11.6 Å². The van der Waals surface area contributed by atoms with Crippen molar-refractivity contribution in [3.63, 3.8) is 0 Å². The lowest BCUT2D eigenvalue weighted by Gasteiger charge is -2.36. The summed E-state index contributed by atoms with van der Waals surface area (Å²) < 4.78 is 0. The van der Waals surface area contributed by atoms with Crippen LogP contribution >= 0.6 is 0 Å². The molecule has 1 nitrogen and oxygen atoms in total. The molecule has 0 heterocycles. The molecule has 80 valence electrons. The van der Waals surface area contributed by atoms with E-state index in [-0.39, 0.29) is 0 Å². The van der Waals surface area contributed by atoms with E-state index in [0.29, 0.717) is 5.41 Å². The van der Waals surface area contributed by atoms with Crippen molar-refractivity contribution in [2.45, 2.75) is 46.0 Å². The first-order valence-corrected chi connectivity index (χ1v) is 6.00. The van der Waals surface area contributed by atoms with Crippen molar-refractivity contribution in [2.75, 3.05) is 6.54 Å². The second-order valence-electron chi connectivity index (χ2n) is 5.63. The van der Waals surface area contributed by atoms with E-state index in [1.807, 2.05) is 0 Å². The molecule has 0 radical (unpaired) electrons. The average Bonchev–Trinajstić information content (AvgIpc) is 2.74. The van der Waals surface area contributed by atoms with Crippen LogP contribution in [0.25, 0.3) is 0 Å². The predicted octanol–water partition coefficient (Wildman–Crippen LogP) is 3.11. The second kappa shape index (κ2) is 3.69. The molecule has 0 aromatic carbocycles. The molecule has 2 N–H and O–H groups in total. The van der Waals surface area contributed by atoms with Crippen LogP contribution < -0.4 is 5.73 Å². The average molecular weight is 193 g/mol. The van der Waals surface area contributed by atoms with E-state index in [1.165, 1.54) is 37.7 Å². The Balaban J connectivity index is 2.07. The Morgan fingerprint density at radius 2 is 2.21 bits per heavy atom. The van der Waals surface area contributed by atoms with Crippen LogP contribution in [-0.2, 0) is 0 Å². The van der Waals surface area contributed by atoms with E-state index in [9.17, 15) is 0 Å². The maximum absolute atomic E-state index is 6.01. The van der Waals surface area contributed by atoms with E-state index >= 15 is 0 Å². The normalized spacial score (nSPS) is 40.2. The standard InChI is InChI=1S/C13H23N/c1-10(2)5-6-13(9-14)8-11-3-4-12(13)7-11/h5,11-12H,3-4,6-9,14H2,1-2H3. The van der Waals surface area contributed by atoms with Crippen molar-refractivity contribution in [2.24, 2.45) is 23.0 Å². The van der Waals surface area contributed by atoms with Crippen LogP contribution in [-0.4, -0.2) is 6.54 Å². The van der Waals surface area contributed by atoms with Gasteiger partial charge in [0.1, 0.15) is 0 Å². The first-order valence-electron chi connectivity index (χ1n) is 6.00. The molecule has 2 aliphatic rings. The minimum Gasteiger partial charge on any atom is -0.330 e. The zero-order chi connectivity index (χ0) is 10.2. The fraction of sp³-hybridized carbons (Fsp3) is 0.846. The maximum atomic E-state index is 6.01. The van der Waals surface area contributed by atoms with Crippen molar-refractivity contribution in [3.8, 4) is 0 Å². The Labute approximate surface area is 87.8 Å². The molecule has 0 aromatic heterocycles. The summed E-state index contributed by atoms with van der Waals surface area (Å²) in [5, 5.41) is 0. The lowest BCUT2D eigenvalue weighted by atomic mass is 9.70. The first kappa shape index (κ1) is 10.2. The predicted molar refractivity (Wildman–Crippen MR) is 61.0 cm³/mol. The van der Waals surface area contributed by atoms with Crippen molar-refractivity contribution < 1.29 is 0 Å². The fourth-order valence-electron chi connectivity index (χ4n) is 3.55. The molecule has 2 rings (SSSR count). The molecular weight excluding hydrogens is 170 g/mol. The number of fused-ring (bicyclic) bond motifs is 2. The summed E-state index contributed by atoms with van der Waals surface area (Å²) in [6.45, 7) is 5.28. The zero-order valence-corrected chi connectivity index (χ0v) is 9.55. The monoisotopic (exact) mass is 193 g/mol. The molecule has 2 saturated carbocycles. The highest BCUT2D eigenvalue weighted by molar-refractivity contribution is 5.06. The SMILES string of the molecule is CC(C)=CCC1(CN)CC2CCC1C2. The third-order valence-electron chi connectivity index (χ3n) is 4.43. The number of hydrogen-bond acceptors (Lipinski definition) is 1. The van der Waals surface area contributed by atoms with Gasteiger partial charge in [0.25, 0.3) is 0 Å². The molecular formula is C13H23N. The molecule has 0 saturated heterocycles. The number of hydrogen-bond donors (Lipinski definition) is 1. The third kappa shape index (κ3) is 1.63. The Morgan fingerprint density at radius 1 is 1.43 bits per heavy atom. The highest BCUT2D eigenvalue weighted by atomic mass is 14.7. The van der Waals surface area contributed by atoms with Crippen molar-refractivity contribution in [1.82, 2.24) is 0 Å². The van der Waals surface area contributed by atoms with Crippen LogP contribution in [0.1, 0.15) is 46.0 Å². The molecule has 14 heavy (non-hydrogen) atoms. The smallest absolute Gasteiger partial charge is 0.00148 e. The molecule has 0 amide bonds. The van der Waals surface area contributed by atoms with Crippen LogP contribution in [0.4, 0.5) is 0 Å². The Bertz CT molecular complexity index is 240. The summed E-state index contributed by atoms with van der Waals surface area (Å²) >= 11 is 0. The van der Waals surface area contributed by atoms with E-state index < -0.39 is 0 Å². The van der Waals surface area contributed by atoms with Gasteiger partial charge in [0.05, 0.1) is 0 Å². The van der Waals surface area contributed by atoms with Crippen LogP contribution in [0.3, 0.4) is 0 Å². The van der Waals surface area contributed by atoms with Gasteiger partial charge < -0.3 is 5.73 Å². The summed E-state index contributed by atoms with van der Waals surface area (Å²) in [4.78, 5) is 0. The molecule has 2 aliphatic carbocycles. The zero-order valence-electron chi connectivity index (χ0n) is 9.55. The second-order valence-corrected chi connectivity index (χ2v) is 5.63. The quantitative estimate of drug-likeness (QED) is 0.685. The molecule has 3 atom stereocenters. The lowest BCUT2D eigenvalue weighted by molar-refractivity contribution is 0.175. The minimum absolute atomic E-state index is 0.486. The molecule has 2 fully saturated rings. The number of allylic oxidation sites excluding steroid dienone is 2. The molecule has 0 aliphatic heterocycles. The van der Waals surface area contributed by atoms with Gasteiger partial charge in [0, 0.05) is 0 Å². The Hall–Kier alpha value is -0.300. The minimum atomic E-state index is 0.486. The van der Waals surface area contributed by atoms with Gasteiger partial charge in [-0.15, -0.1) is 0 Å². The van der Waals surface area contributed by atoms with Crippen molar-refractivity contribution in [1.29, 1.82) is 0 Å². The van der Waals surface area contributed by atoms with Gasteiger partial charge in [0.15, 0.2) is 0 Å². The lowest BCUT2D eigenvalue weighted by Crippen LogP contribution is -2.35. The molecule has 3 unspecified atom stereocenters. The summed E-state index contributed by atoms with van der Waals surface area (Å²) in [6, 6.07) is 0. The molecule has 0 spiro atoms. The number of nitrogens with two attached hydrogens (primary N) is 1. The Kier molecular flexibility index (Phi) is 2.70. The van der Waals surface area contributed by atoms with E-state index in [2.05, 4.69) is 19.9 Å². The maximum Gasteiger partial charge on any atom is -0.00148 e. The number of rotatable bonds is 3. The van der Waals surface area contributed by atoms with Crippen LogP contribution in [0, 0.1) is 17.3 Å². The molecule has 2 bridgehead atoms. The summed E-state index contributed by atoms with van der Waals surface area (Å²) in [5.74, 6) is 1.95.